The van der Waals surface area contributed by atoms with Crippen LogP contribution in [0, 0.1) is 6.92 Å². The number of aromatic nitrogens is 2. The van der Waals surface area contributed by atoms with E-state index in [2.05, 4.69) is 59.0 Å². The molecule has 0 bridgehead atoms. The Morgan fingerprint density at radius 2 is 2.28 bits per heavy atom. The summed E-state index contributed by atoms with van der Waals surface area (Å²) in [5.74, 6) is -0.245. The molecular weight excluding hydrogens is 537 g/mol. The highest BCUT2D eigenvalue weighted by Crippen LogP contribution is 2.44. The molecule has 128 valence electrons. The Balaban J connectivity index is 2.25. The van der Waals surface area contributed by atoms with Crippen molar-refractivity contribution in [2.24, 2.45) is 0 Å². The van der Waals surface area contributed by atoms with Gasteiger partial charge in [-0.3, -0.25) is 4.79 Å². The van der Waals surface area contributed by atoms with Gasteiger partial charge in [-0.2, -0.15) is 0 Å². The molecule has 0 aliphatic heterocycles. The molecule has 1 amide bonds. The predicted molar refractivity (Wildman–Crippen MR) is 118 cm³/mol. The number of anilines is 1. The number of aromatic amines is 1. The van der Waals surface area contributed by atoms with Crippen molar-refractivity contribution in [1.82, 2.24) is 9.97 Å². The summed E-state index contributed by atoms with van der Waals surface area (Å²) >= 11 is 12.2. The highest BCUT2D eigenvalue weighted by Gasteiger charge is 2.19. The molecule has 0 fully saturated rings. The van der Waals surface area contributed by atoms with Crippen LogP contribution >= 0.6 is 57.7 Å². The number of amides is 1. The number of aryl methyl sites for hydroxylation is 1. The number of hydrogen-bond donors (Lipinski definition) is 2. The van der Waals surface area contributed by atoms with E-state index in [9.17, 15) is 4.79 Å². The van der Waals surface area contributed by atoms with Crippen molar-refractivity contribution in [3.05, 3.63) is 52.1 Å². The van der Waals surface area contributed by atoms with Crippen molar-refractivity contribution in [3.63, 3.8) is 0 Å². The minimum absolute atomic E-state index is 0.245. The number of fused-ring (bicyclic) bond motifs is 1. The number of rotatable bonds is 4. The van der Waals surface area contributed by atoms with Gasteiger partial charge >= 0.3 is 0 Å². The monoisotopic (exact) mass is 547 g/mol. The average Bonchev–Trinajstić information content (AvgIpc) is 2.99. The van der Waals surface area contributed by atoms with Crippen LogP contribution in [0.1, 0.15) is 5.56 Å². The number of benzene rings is 1. The van der Waals surface area contributed by atoms with Gasteiger partial charge in [-0.15, -0.1) is 0 Å². The molecule has 4 nitrogen and oxygen atoms in total. The highest BCUT2D eigenvalue weighted by molar-refractivity contribution is 14.2. The zero-order valence-electron chi connectivity index (χ0n) is 13.0. The molecule has 3 aromatic rings. The minimum Gasteiger partial charge on any atom is -0.333 e. The van der Waals surface area contributed by atoms with Crippen LogP contribution in [0.5, 0.6) is 0 Å². The normalized spacial score (nSPS) is 10.9. The molecule has 0 radical (unpaired) electrons. The van der Waals surface area contributed by atoms with Crippen molar-refractivity contribution in [2.45, 2.75) is 11.9 Å². The van der Waals surface area contributed by atoms with Gasteiger partial charge in [0.1, 0.15) is 5.65 Å². The molecule has 2 aromatic heterocycles. The third kappa shape index (κ3) is 3.60. The van der Waals surface area contributed by atoms with Gasteiger partial charge in [0.2, 0.25) is 5.91 Å². The fraction of sp³-hybridized carbons (Fsp3) is 0.0588. The first-order valence-corrected chi connectivity index (χ1v) is 11.7. The number of nitrogens with zero attached hydrogens (tertiary/aromatic N) is 1. The van der Waals surface area contributed by atoms with Gasteiger partial charge in [0.05, 0.1) is 14.5 Å². The number of carbonyl (C=O) groups is 1. The second-order valence-corrected chi connectivity index (χ2v) is 8.39. The van der Waals surface area contributed by atoms with E-state index in [1.165, 1.54) is 6.08 Å². The van der Waals surface area contributed by atoms with E-state index >= 15 is 0 Å². The van der Waals surface area contributed by atoms with Gasteiger partial charge in [0, 0.05) is 44.0 Å². The van der Waals surface area contributed by atoms with Crippen LogP contribution in [0.4, 0.5) is 5.69 Å². The Morgan fingerprint density at radius 1 is 1.52 bits per heavy atom. The molecule has 8 heteroatoms. The van der Waals surface area contributed by atoms with Gasteiger partial charge in [-0.1, -0.05) is 30.3 Å². The Morgan fingerprint density at radius 3 is 2.96 bits per heavy atom. The van der Waals surface area contributed by atoms with Crippen LogP contribution in [-0.2, 0) is 4.79 Å². The molecule has 1 aromatic carbocycles. The maximum absolute atomic E-state index is 11.7. The topological polar surface area (TPSA) is 57.8 Å². The van der Waals surface area contributed by atoms with Crippen LogP contribution < -0.4 is 5.32 Å². The molecule has 0 unspecified atom stereocenters. The van der Waals surface area contributed by atoms with Crippen molar-refractivity contribution < 1.29 is 4.79 Å². The van der Waals surface area contributed by atoms with E-state index in [-0.39, 0.29) is 5.91 Å². The van der Waals surface area contributed by atoms with Crippen molar-refractivity contribution in [2.75, 3.05) is 5.32 Å². The number of hydrogen-bond acceptors (Lipinski definition) is 3. The molecule has 0 spiro atoms. The SMILES string of the molecule is C=CC(=O)Nc1cc(-c2c(SI)[nH]c3ncc(Br)c(Cl)c23)ccc1C. The molecule has 0 saturated heterocycles. The number of carbonyl (C=O) groups excluding carboxylic acids is 1. The summed E-state index contributed by atoms with van der Waals surface area (Å²) in [6, 6.07) is 5.91. The summed E-state index contributed by atoms with van der Waals surface area (Å²) in [7, 11) is 1.56. The summed E-state index contributed by atoms with van der Waals surface area (Å²) in [4.78, 5) is 19.4. The zero-order chi connectivity index (χ0) is 18.1. The standard InChI is InChI=1S/C17H12BrClIN3OS/c1-3-12(24)22-11-6-9(5-4-8(11)2)13-14-15(19)10(18)7-21-16(14)23-17(13)25-20/h3-7H,1H2,2H3,(H,21,23)(H,22,24). The Kier molecular flexibility index (Phi) is 5.77. The van der Waals surface area contributed by atoms with Gasteiger partial charge in [0.15, 0.2) is 0 Å². The van der Waals surface area contributed by atoms with Gasteiger partial charge < -0.3 is 10.3 Å². The molecule has 3 rings (SSSR count). The van der Waals surface area contributed by atoms with E-state index < -0.39 is 0 Å². The van der Waals surface area contributed by atoms with Crippen molar-refractivity contribution in [3.8, 4) is 11.1 Å². The van der Waals surface area contributed by atoms with Crippen LogP contribution in [0.25, 0.3) is 22.2 Å². The number of H-pyrrole nitrogens is 1. The summed E-state index contributed by atoms with van der Waals surface area (Å²) in [6.45, 7) is 5.44. The summed E-state index contributed by atoms with van der Waals surface area (Å²) in [6.07, 6.45) is 2.93. The third-order valence-electron chi connectivity index (χ3n) is 3.73. The molecule has 2 heterocycles. The lowest BCUT2D eigenvalue weighted by atomic mass is 10.0. The minimum atomic E-state index is -0.245. The number of halogens is 3. The maximum atomic E-state index is 11.7. The molecule has 0 saturated carbocycles. The fourth-order valence-electron chi connectivity index (χ4n) is 2.50. The Labute approximate surface area is 174 Å². The lowest BCUT2D eigenvalue weighted by Crippen LogP contribution is -2.08. The van der Waals surface area contributed by atoms with E-state index in [0.717, 1.165) is 42.9 Å². The molecule has 0 aliphatic carbocycles. The van der Waals surface area contributed by atoms with Crippen molar-refractivity contribution >= 4 is 80.3 Å². The van der Waals surface area contributed by atoms with Crippen LogP contribution in [0.3, 0.4) is 0 Å². The largest absolute Gasteiger partial charge is 0.333 e. The fourth-order valence-corrected chi connectivity index (χ4v) is 4.46. The quantitative estimate of drug-likeness (QED) is 0.288. The second kappa shape index (κ2) is 7.69. The third-order valence-corrected chi connectivity index (χ3v) is 6.73. The van der Waals surface area contributed by atoms with Gasteiger partial charge in [0.25, 0.3) is 0 Å². The van der Waals surface area contributed by atoms with Crippen LogP contribution in [0.15, 0.2) is 46.5 Å². The first-order chi connectivity index (χ1) is 12.0. The van der Waals surface area contributed by atoms with Crippen molar-refractivity contribution in [1.29, 1.82) is 0 Å². The lowest BCUT2D eigenvalue weighted by Gasteiger charge is -2.10. The van der Waals surface area contributed by atoms with Gasteiger partial charge in [-0.25, -0.2) is 4.98 Å². The Bertz CT molecular complexity index is 1010. The maximum Gasteiger partial charge on any atom is 0.247 e. The van der Waals surface area contributed by atoms with E-state index in [1.54, 1.807) is 15.1 Å². The van der Waals surface area contributed by atoms with E-state index in [4.69, 9.17) is 11.6 Å². The molecule has 25 heavy (non-hydrogen) atoms. The van der Waals surface area contributed by atoms with Crippen LogP contribution in [0.2, 0.25) is 5.02 Å². The first kappa shape index (κ1) is 18.8. The predicted octanol–water partition coefficient (Wildman–Crippen LogP) is 6.52. The van der Waals surface area contributed by atoms with Crippen LogP contribution in [-0.4, -0.2) is 15.9 Å². The molecule has 0 atom stereocenters. The molecule has 2 N–H and O–H groups in total. The van der Waals surface area contributed by atoms with Gasteiger partial charge in [-0.05, 0) is 55.1 Å². The summed E-state index contributed by atoms with van der Waals surface area (Å²) in [5, 5.41) is 5.24. The Hall–Kier alpha value is -1.03. The first-order valence-electron chi connectivity index (χ1n) is 7.15. The average molecular weight is 549 g/mol. The summed E-state index contributed by atoms with van der Waals surface area (Å²) < 4.78 is 0.735. The second-order valence-electron chi connectivity index (χ2n) is 5.27. The van der Waals surface area contributed by atoms with E-state index in [1.807, 2.05) is 25.1 Å². The number of nitrogens with one attached hydrogen (secondary N) is 2. The highest BCUT2D eigenvalue weighted by atomic mass is 127. The molecule has 0 aliphatic rings. The lowest BCUT2D eigenvalue weighted by molar-refractivity contribution is -0.111. The number of pyridine rings is 1. The van der Waals surface area contributed by atoms with E-state index in [0.29, 0.717) is 5.02 Å². The summed E-state index contributed by atoms with van der Waals surface area (Å²) in [5.41, 5.74) is 4.33. The molecular formula is C17H12BrClIN3OS. The smallest absolute Gasteiger partial charge is 0.247 e. The zero-order valence-corrected chi connectivity index (χ0v) is 18.3.